The van der Waals surface area contributed by atoms with Crippen molar-refractivity contribution in [3.8, 4) is 0 Å². The van der Waals surface area contributed by atoms with Gasteiger partial charge in [0.1, 0.15) is 0 Å². The summed E-state index contributed by atoms with van der Waals surface area (Å²) >= 11 is 1.40. The van der Waals surface area contributed by atoms with Gasteiger partial charge < -0.3 is 4.74 Å². The Bertz CT molecular complexity index is 328. The van der Waals surface area contributed by atoms with Gasteiger partial charge in [0, 0.05) is 10.8 Å². The molecule has 0 saturated heterocycles. The molecule has 0 fully saturated rings. The summed E-state index contributed by atoms with van der Waals surface area (Å²) in [5, 5.41) is 5.04. The molecule has 4 nitrogen and oxygen atoms in total. The lowest BCUT2D eigenvalue weighted by molar-refractivity contribution is 0.187. The van der Waals surface area contributed by atoms with Gasteiger partial charge in [-0.15, -0.1) is 11.3 Å². The van der Waals surface area contributed by atoms with Gasteiger partial charge in [0.05, 0.1) is 12.8 Å². The number of hydrogen-bond donors (Lipinski definition) is 1. The van der Waals surface area contributed by atoms with Crippen LogP contribution in [0.2, 0.25) is 0 Å². The second-order valence-corrected chi connectivity index (χ2v) is 4.76. The van der Waals surface area contributed by atoms with Crippen LogP contribution in [0.4, 0.5) is 9.93 Å². The van der Waals surface area contributed by atoms with E-state index in [0.29, 0.717) is 5.13 Å². The minimum absolute atomic E-state index is 0.00650. The fraction of sp³-hybridized carbons (Fsp3) is 0.556. The third-order valence-electron chi connectivity index (χ3n) is 1.67. The van der Waals surface area contributed by atoms with Crippen LogP contribution in [0.3, 0.4) is 0 Å². The van der Waals surface area contributed by atoms with E-state index >= 15 is 0 Å². The number of ether oxygens (including phenoxy) is 1. The molecule has 1 heterocycles. The Hall–Kier alpha value is -1.10. The Morgan fingerprint density at radius 2 is 2.21 bits per heavy atom. The Labute approximate surface area is 87.3 Å². The zero-order chi connectivity index (χ0) is 10.8. The topological polar surface area (TPSA) is 51.2 Å². The van der Waals surface area contributed by atoms with Crippen LogP contribution in [0.5, 0.6) is 0 Å². The van der Waals surface area contributed by atoms with E-state index in [-0.39, 0.29) is 5.41 Å². The Kier molecular flexibility index (Phi) is 3.10. The number of thiazole rings is 1. The van der Waals surface area contributed by atoms with Gasteiger partial charge in [-0.3, -0.25) is 5.32 Å². The van der Waals surface area contributed by atoms with Gasteiger partial charge in [-0.2, -0.15) is 0 Å². The smallest absolute Gasteiger partial charge is 0.413 e. The SMILES string of the molecule is COC(=O)Nc1nc(C(C)(C)C)cs1. The first-order valence-electron chi connectivity index (χ1n) is 4.24. The van der Waals surface area contributed by atoms with Gasteiger partial charge in [0.15, 0.2) is 5.13 Å². The summed E-state index contributed by atoms with van der Waals surface area (Å²) in [6, 6.07) is 0. The Balaban J connectivity index is 2.74. The lowest BCUT2D eigenvalue weighted by Gasteiger charge is -2.14. The maximum Gasteiger partial charge on any atom is 0.413 e. The van der Waals surface area contributed by atoms with Crippen LogP contribution in [0, 0.1) is 0 Å². The zero-order valence-electron chi connectivity index (χ0n) is 8.75. The van der Waals surface area contributed by atoms with Crippen molar-refractivity contribution in [3.05, 3.63) is 11.1 Å². The minimum atomic E-state index is -0.486. The Morgan fingerprint density at radius 3 is 2.64 bits per heavy atom. The van der Waals surface area contributed by atoms with Gasteiger partial charge in [-0.1, -0.05) is 20.8 Å². The normalized spacial score (nSPS) is 11.1. The average molecular weight is 214 g/mol. The second kappa shape index (κ2) is 3.96. The summed E-state index contributed by atoms with van der Waals surface area (Å²) in [6.45, 7) is 6.22. The van der Waals surface area contributed by atoms with Gasteiger partial charge in [-0.05, 0) is 0 Å². The Morgan fingerprint density at radius 1 is 1.57 bits per heavy atom. The van der Waals surface area contributed by atoms with E-state index in [1.54, 1.807) is 0 Å². The predicted molar refractivity (Wildman–Crippen MR) is 56.8 cm³/mol. The molecule has 1 aromatic heterocycles. The minimum Gasteiger partial charge on any atom is -0.453 e. The highest BCUT2D eigenvalue weighted by Crippen LogP contribution is 2.26. The standard InChI is InChI=1S/C9H14N2O2S/c1-9(2,3)6-5-14-7(10-6)11-8(12)13-4/h5H,1-4H3,(H,10,11,12). The molecule has 0 saturated carbocycles. The molecule has 0 atom stereocenters. The van der Waals surface area contributed by atoms with E-state index < -0.39 is 6.09 Å². The van der Waals surface area contributed by atoms with Crippen LogP contribution >= 0.6 is 11.3 Å². The van der Waals surface area contributed by atoms with Crippen molar-refractivity contribution in [2.75, 3.05) is 12.4 Å². The molecule has 1 amide bonds. The summed E-state index contributed by atoms with van der Waals surface area (Å²) in [5.41, 5.74) is 0.973. The molecule has 0 radical (unpaired) electrons. The van der Waals surface area contributed by atoms with Crippen molar-refractivity contribution < 1.29 is 9.53 Å². The number of nitrogens with zero attached hydrogens (tertiary/aromatic N) is 1. The molecule has 0 bridgehead atoms. The van der Waals surface area contributed by atoms with Crippen molar-refractivity contribution in [1.29, 1.82) is 0 Å². The molecule has 78 valence electrons. The highest BCUT2D eigenvalue weighted by atomic mass is 32.1. The number of carbonyl (C=O) groups is 1. The molecule has 0 aliphatic carbocycles. The molecule has 1 rings (SSSR count). The van der Waals surface area contributed by atoms with E-state index in [0.717, 1.165) is 5.69 Å². The van der Waals surface area contributed by atoms with Crippen molar-refractivity contribution in [2.24, 2.45) is 0 Å². The van der Waals surface area contributed by atoms with Crippen molar-refractivity contribution in [3.63, 3.8) is 0 Å². The molecule has 0 aromatic carbocycles. The lowest BCUT2D eigenvalue weighted by atomic mass is 9.93. The predicted octanol–water partition coefficient (Wildman–Crippen LogP) is 2.62. The second-order valence-electron chi connectivity index (χ2n) is 3.90. The maximum atomic E-state index is 10.9. The first kappa shape index (κ1) is 11.0. The quantitative estimate of drug-likeness (QED) is 0.781. The van der Waals surface area contributed by atoms with Crippen molar-refractivity contribution in [1.82, 2.24) is 4.98 Å². The highest BCUT2D eigenvalue weighted by molar-refractivity contribution is 7.13. The highest BCUT2D eigenvalue weighted by Gasteiger charge is 2.17. The average Bonchev–Trinajstić information content (AvgIpc) is 2.51. The van der Waals surface area contributed by atoms with E-state index in [1.807, 2.05) is 5.38 Å². The zero-order valence-corrected chi connectivity index (χ0v) is 9.57. The maximum absolute atomic E-state index is 10.9. The number of aromatic nitrogens is 1. The van der Waals surface area contributed by atoms with E-state index in [2.05, 4.69) is 35.8 Å². The van der Waals surface area contributed by atoms with Gasteiger partial charge in [-0.25, -0.2) is 9.78 Å². The summed E-state index contributed by atoms with van der Waals surface area (Å²) in [7, 11) is 1.33. The van der Waals surface area contributed by atoms with Crippen molar-refractivity contribution in [2.45, 2.75) is 26.2 Å². The molecular weight excluding hydrogens is 200 g/mol. The van der Waals surface area contributed by atoms with Crippen LogP contribution in [-0.2, 0) is 10.2 Å². The molecule has 0 aliphatic rings. The third-order valence-corrected chi connectivity index (χ3v) is 2.42. The fourth-order valence-electron chi connectivity index (χ4n) is 0.814. The van der Waals surface area contributed by atoms with Gasteiger partial charge in [0.25, 0.3) is 0 Å². The number of rotatable bonds is 1. The van der Waals surface area contributed by atoms with Gasteiger partial charge in [0.2, 0.25) is 0 Å². The molecule has 5 heteroatoms. The number of nitrogens with one attached hydrogen (secondary N) is 1. The monoisotopic (exact) mass is 214 g/mol. The molecule has 1 aromatic rings. The lowest BCUT2D eigenvalue weighted by Crippen LogP contribution is -2.13. The molecule has 0 spiro atoms. The summed E-state index contributed by atoms with van der Waals surface area (Å²) in [4.78, 5) is 15.1. The number of methoxy groups -OCH3 is 1. The number of hydrogen-bond acceptors (Lipinski definition) is 4. The van der Waals surface area contributed by atoms with E-state index in [4.69, 9.17) is 0 Å². The first-order valence-corrected chi connectivity index (χ1v) is 5.12. The van der Waals surface area contributed by atoms with Crippen LogP contribution in [-0.4, -0.2) is 18.2 Å². The number of amides is 1. The molecule has 1 N–H and O–H groups in total. The molecule has 0 unspecified atom stereocenters. The van der Waals surface area contributed by atoms with Crippen LogP contribution < -0.4 is 5.32 Å². The summed E-state index contributed by atoms with van der Waals surface area (Å²) in [6.07, 6.45) is -0.486. The number of carbonyl (C=O) groups excluding carboxylic acids is 1. The van der Waals surface area contributed by atoms with Crippen LogP contribution in [0.15, 0.2) is 5.38 Å². The molecule has 14 heavy (non-hydrogen) atoms. The molecular formula is C9H14N2O2S. The summed E-state index contributed by atoms with van der Waals surface area (Å²) < 4.78 is 4.47. The van der Waals surface area contributed by atoms with E-state index in [9.17, 15) is 4.79 Å². The molecule has 0 aliphatic heterocycles. The van der Waals surface area contributed by atoms with Crippen LogP contribution in [0.25, 0.3) is 0 Å². The van der Waals surface area contributed by atoms with Gasteiger partial charge >= 0.3 is 6.09 Å². The van der Waals surface area contributed by atoms with Crippen molar-refractivity contribution >= 4 is 22.6 Å². The van der Waals surface area contributed by atoms with E-state index in [1.165, 1.54) is 18.4 Å². The largest absolute Gasteiger partial charge is 0.453 e. The fourth-order valence-corrected chi connectivity index (χ4v) is 1.74. The van der Waals surface area contributed by atoms with Crippen LogP contribution in [0.1, 0.15) is 26.5 Å². The first-order chi connectivity index (χ1) is 6.43. The number of anilines is 1. The third kappa shape index (κ3) is 2.70. The summed E-state index contributed by atoms with van der Waals surface area (Å²) in [5.74, 6) is 0.